The Labute approximate surface area is 114 Å². The first-order chi connectivity index (χ1) is 8.55. The summed E-state index contributed by atoms with van der Waals surface area (Å²) in [5.74, 6) is -1.87. The van der Waals surface area contributed by atoms with E-state index in [1.54, 1.807) is 27.7 Å². The second-order valence-electron chi connectivity index (χ2n) is 5.72. The van der Waals surface area contributed by atoms with Gasteiger partial charge in [0.25, 0.3) is 0 Å². The fourth-order valence-electron chi connectivity index (χ4n) is 1.53. The lowest BCUT2D eigenvalue weighted by Crippen LogP contribution is -2.46. The molecule has 0 bridgehead atoms. The van der Waals surface area contributed by atoms with Crippen molar-refractivity contribution in [2.45, 2.75) is 34.6 Å². The van der Waals surface area contributed by atoms with Crippen LogP contribution in [0.2, 0.25) is 0 Å². The van der Waals surface area contributed by atoms with Crippen LogP contribution in [-0.2, 0) is 14.4 Å². The van der Waals surface area contributed by atoms with E-state index in [0.29, 0.717) is 13.1 Å². The Kier molecular flexibility index (Phi) is 6.52. The standard InChI is InChI=1S/C13H24N2O4/c1-9(11(17)18)8-15(7-6-14-10(2)16)12(19)13(3,4)5/h9H,6-8H2,1-5H3,(H,14,16)(H,17,18). The monoisotopic (exact) mass is 272 g/mol. The number of nitrogens with zero attached hydrogens (tertiary/aromatic N) is 1. The minimum absolute atomic E-state index is 0.119. The van der Waals surface area contributed by atoms with E-state index in [9.17, 15) is 14.4 Å². The number of carboxylic acids is 1. The van der Waals surface area contributed by atoms with Crippen LogP contribution in [0.15, 0.2) is 0 Å². The average molecular weight is 272 g/mol. The number of hydrogen-bond acceptors (Lipinski definition) is 3. The molecule has 0 radical (unpaired) electrons. The Morgan fingerprint density at radius 3 is 2.16 bits per heavy atom. The summed E-state index contributed by atoms with van der Waals surface area (Å²) < 4.78 is 0. The van der Waals surface area contributed by atoms with Gasteiger partial charge in [-0.05, 0) is 0 Å². The van der Waals surface area contributed by atoms with Crippen LogP contribution in [0.3, 0.4) is 0 Å². The van der Waals surface area contributed by atoms with E-state index in [0.717, 1.165) is 0 Å². The largest absolute Gasteiger partial charge is 0.481 e. The minimum Gasteiger partial charge on any atom is -0.481 e. The molecule has 6 nitrogen and oxygen atoms in total. The van der Waals surface area contributed by atoms with Crippen molar-refractivity contribution in [1.82, 2.24) is 10.2 Å². The summed E-state index contributed by atoms with van der Waals surface area (Å²) in [4.78, 5) is 35.4. The van der Waals surface area contributed by atoms with Crippen LogP contribution < -0.4 is 5.32 Å². The molecule has 0 heterocycles. The maximum Gasteiger partial charge on any atom is 0.308 e. The zero-order valence-corrected chi connectivity index (χ0v) is 12.3. The first kappa shape index (κ1) is 17.4. The lowest BCUT2D eigenvalue weighted by Gasteiger charge is -2.30. The Morgan fingerprint density at radius 2 is 1.79 bits per heavy atom. The van der Waals surface area contributed by atoms with E-state index >= 15 is 0 Å². The first-order valence-corrected chi connectivity index (χ1v) is 6.32. The van der Waals surface area contributed by atoms with Gasteiger partial charge in [0.1, 0.15) is 0 Å². The molecular weight excluding hydrogens is 248 g/mol. The molecule has 0 aliphatic heterocycles. The zero-order chi connectivity index (χ0) is 15.2. The summed E-state index contributed by atoms with van der Waals surface area (Å²) in [6, 6.07) is 0. The van der Waals surface area contributed by atoms with Gasteiger partial charge >= 0.3 is 5.97 Å². The molecule has 2 N–H and O–H groups in total. The van der Waals surface area contributed by atoms with Gasteiger partial charge in [0.15, 0.2) is 0 Å². The van der Waals surface area contributed by atoms with E-state index in [4.69, 9.17) is 5.11 Å². The molecule has 0 aromatic carbocycles. The molecule has 1 unspecified atom stereocenters. The van der Waals surface area contributed by atoms with Crippen molar-refractivity contribution in [1.29, 1.82) is 0 Å². The van der Waals surface area contributed by atoms with E-state index in [-0.39, 0.29) is 18.4 Å². The lowest BCUT2D eigenvalue weighted by atomic mass is 9.94. The molecule has 0 aliphatic rings. The maximum atomic E-state index is 12.2. The molecule has 0 aromatic heterocycles. The molecule has 6 heteroatoms. The highest BCUT2D eigenvalue weighted by molar-refractivity contribution is 5.82. The highest BCUT2D eigenvalue weighted by Gasteiger charge is 2.29. The fraction of sp³-hybridized carbons (Fsp3) is 0.769. The predicted molar refractivity (Wildman–Crippen MR) is 71.5 cm³/mol. The van der Waals surface area contributed by atoms with E-state index in [2.05, 4.69) is 5.32 Å². The third kappa shape index (κ3) is 6.79. The van der Waals surface area contributed by atoms with Crippen LogP contribution in [0.4, 0.5) is 0 Å². The molecule has 1 atom stereocenters. The van der Waals surface area contributed by atoms with Gasteiger partial charge in [0, 0.05) is 32.0 Å². The summed E-state index contributed by atoms with van der Waals surface area (Å²) in [6.07, 6.45) is 0. The van der Waals surface area contributed by atoms with Crippen molar-refractivity contribution in [3.05, 3.63) is 0 Å². The number of carbonyl (C=O) groups is 3. The van der Waals surface area contributed by atoms with E-state index in [1.165, 1.54) is 11.8 Å². The van der Waals surface area contributed by atoms with Crippen molar-refractivity contribution in [3.8, 4) is 0 Å². The fourth-order valence-corrected chi connectivity index (χ4v) is 1.53. The quantitative estimate of drug-likeness (QED) is 0.746. The number of amides is 2. The van der Waals surface area contributed by atoms with Crippen LogP contribution >= 0.6 is 0 Å². The Morgan fingerprint density at radius 1 is 1.26 bits per heavy atom. The molecule has 0 aliphatic carbocycles. The predicted octanol–water partition coefficient (Wildman–Crippen LogP) is 0.718. The summed E-state index contributed by atoms with van der Waals surface area (Å²) >= 11 is 0. The van der Waals surface area contributed by atoms with Crippen molar-refractivity contribution in [2.24, 2.45) is 11.3 Å². The van der Waals surface area contributed by atoms with Gasteiger partial charge in [-0.2, -0.15) is 0 Å². The molecular formula is C13H24N2O4. The van der Waals surface area contributed by atoms with Crippen molar-refractivity contribution in [3.63, 3.8) is 0 Å². The van der Waals surface area contributed by atoms with E-state index in [1.807, 2.05) is 0 Å². The summed E-state index contributed by atoms with van der Waals surface area (Å²) in [7, 11) is 0. The molecule has 0 fully saturated rings. The summed E-state index contributed by atoms with van der Waals surface area (Å²) in [6.45, 7) is 9.09. The smallest absolute Gasteiger partial charge is 0.308 e. The van der Waals surface area contributed by atoms with Gasteiger partial charge in [-0.25, -0.2) is 0 Å². The van der Waals surface area contributed by atoms with Crippen molar-refractivity contribution < 1.29 is 19.5 Å². The minimum atomic E-state index is -0.939. The Bertz CT molecular complexity index is 347. The summed E-state index contributed by atoms with van der Waals surface area (Å²) in [5.41, 5.74) is -0.575. The van der Waals surface area contributed by atoms with Gasteiger partial charge in [0.2, 0.25) is 11.8 Å². The highest BCUT2D eigenvalue weighted by atomic mass is 16.4. The van der Waals surface area contributed by atoms with Crippen LogP contribution in [-0.4, -0.2) is 47.4 Å². The Hall–Kier alpha value is -1.59. The number of rotatable bonds is 6. The van der Waals surface area contributed by atoms with Gasteiger partial charge in [0.05, 0.1) is 5.92 Å². The molecule has 2 amide bonds. The summed E-state index contributed by atoms with van der Waals surface area (Å²) in [5, 5.41) is 11.5. The average Bonchev–Trinajstić information content (AvgIpc) is 2.24. The second-order valence-corrected chi connectivity index (χ2v) is 5.72. The van der Waals surface area contributed by atoms with Crippen LogP contribution in [0.5, 0.6) is 0 Å². The van der Waals surface area contributed by atoms with Crippen LogP contribution in [0.25, 0.3) is 0 Å². The normalized spacial score (nSPS) is 12.7. The van der Waals surface area contributed by atoms with Crippen LogP contribution in [0.1, 0.15) is 34.6 Å². The Balaban J connectivity index is 4.69. The van der Waals surface area contributed by atoms with Gasteiger partial charge in [-0.15, -0.1) is 0 Å². The molecule has 0 spiro atoms. The van der Waals surface area contributed by atoms with Gasteiger partial charge in [-0.3, -0.25) is 14.4 Å². The highest BCUT2D eigenvalue weighted by Crippen LogP contribution is 2.18. The first-order valence-electron chi connectivity index (χ1n) is 6.32. The number of aliphatic carboxylic acids is 1. The second kappa shape index (κ2) is 7.11. The zero-order valence-electron chi connectivity index (χ0n) is 12.3. The molecule has 0 saturated carbocycles. The topological polar surface area (TPSA) is 86.7 Å². The number of nitrogens with one attached hydrogen (secondary N) is 1. The molecule has 0 rings (SSSR count). The molecule has 19 heavy (non-hydrogen) atoms. The van der Waals surface area contributed by atoms with Crippen molar-refractivity contribution >= 4 is 17.8 Å². The van der Waals surface area contributed by atoms with Crippen LogP contribution in [0, 0.1) is 11.3 Å². The number of carbonyl (C=O) groups excluding carboxylic acids is 2. The molecule has 0 aromatic rings. The molecule has 110 valence electrons. The third-order valence-corrected chi connectivity index (χ3v) is 2.60. The molecule has 0 saturated heterocycles. The van der Waals surface area contributed by atoms with Gasteiger partial charge in [-0.1, -0.05) is 27.7 Å². The number of carboxylic acid groups (broad SMARTS) is 1. The lowest BCUT2D eigenvalue weighted by molar-refractivity contribution is -0.145. The third-order valence-electron chi connectivity index (χ3n) is 2.60. The van der Waals surface area contributed by atoms with E-state index < -0.39 is 17.3 Å². The number of hydrogen-bond donors (Lipinski definition) is 2. The van der Waals surface area contributed by atoms with Gasteiger partial charge < -0.3 is 15.3 Å². The SMILES string of the molecule is CC(=O)NCCN(CC(C)C(=O)O)C(=O)C(C)(C)C. The maximum absolute atomic E-state index is 12.2. The van der Waals surface area contributed by atoms with Crippen molar-refractivity contribution in [2.75, 3.05) is 19.6 Å².